The number of aryl methyl sites for hydroxylation is 1. The Morgan fingerprint density at radius 3 is 2.55 bits per heavy atom. The molecule has 2 N–H and O–H groups in total. The van der Waals surface area contributed by atoms with Gasteiger partial charge in [-0.1, -0.05) is 26.7 Å². The molecule has 0 aromatic carbocycles. The van der Waals surface area contributed by atoms with Gasteiger partial charge in [0.25, 0.3) is 5.91 Å². The van der Waals surface area contributed by atoms with E-state index in [0.717, 1.165) is 17.8 Å². The third kappa shape index (κ3) is 4.06. The van der Waals surface area contributed by atoms with Gasteiger partial charge in [0.2, 0.25) is 0 Å². The Labute approximate surface area is 135 Å². The van der Waals surface area contributed by atoms with Gasteiger partial charge >= 0.3 is 5.97 Å². The van der Waals surface area contributed by atoms with Gasteiger partial charge in [-0.2, -0.15) is 0 Å². The maximum absolute atomic E-state index is 12.4. The molecule has 1 saturated carbocycles. The van der Waals surface area contributed by atoms with Gasteiger partial charge in [0.1, 0.15) is 10.9 Å². The zero-order chi connectivity index (χ0) is 16.3. The van der Waals surface area contributed by atoms with Gasteiger partial charge in [-0.05, 0) is 32.1 Å². The average molecular weight is 324 g/mol. The summed E-state index contributed by atoms with van der Waals surface area (Å²) >= 11 is 1.42. The number of hydrogen-bond acceptors (Lipinski definition) is 4. The number of nitrogens with zero attached hydrogens (tertiary/aromatic N) is 1. The van der Waals surface area contributed by atoms with Crippen molar-refractivity contribution in [3.63, 3.8) is 0 Å². The van der Waals surface area contributed by atoms with Crippen molar-refractivity contribution < 1.29 is 14.7 Å². The minimum atomic E-state index is -0.986. The summed E-state index contributed by atoms with van der Waals surface area (Å²) in [6.45, 7) is 5.71. The number of thiazole rings is 1. The Morgan fingerprint density at radius 2 is 2.00 bits per heavy atom. The fourth-order valence-corrected chi connectivity index (χ4v) is 4.03. The quantitative estimate of drug-likeness (QED) is 0.841. The molecule has 2 rings (SSSR count). The van der Waals surface area contributed by atoms with Crippen molar-refractivity contribution in [2.24, 2.45) is 5.92 Å². The molecule has 0 spiro atoms. The highest BCUT2D eigenvalue weighted by Crippen LogP contribution is 2.37. The molecule has 0 bridgehead atoms. The van der Waals surface area contributed by atoms with Crippen molar-refractivity contribution in [1.29, 1.82) is 0 Å². The predicted octanol–water partition coefficient (Wildman–Crippen LogP) is 3.34. The van der Waals surface area contributed by atoms with E-state index in [4.69, 9.17) is 0 Å². The van der Waals surface area contributed by atoms with E-state index in [2.05, 4.69) is 10.3 Å². The number of hydrogen-bond donors (Lipinski definition) is 2. The van der Waals surface area contributed by atoms with Crippen molar-refractivity contribution in [1.82, 2.24) is 10.3 Å². The van der Waals surface area contributed by atoms with E-state index in [9.17, 15) is 14.7 Å². The molecule has 0 saturated heterocycles. The molecular formula is C16H24N2O3S. The summed E-state index contributed by atoms with van der Waals surface area (Å²) in [7, 11) is 0. The summed E-state index contributed by atoms with van der Waals surface area (Å²) < 4.78 is 0. The van der Waals surface area contributed by atoms with Crippen LogP contribution in [-0.2, 0) is 4.79 Å². The zero-order valence-electron chi connectivity index (χ0n) is 13.4. The first-order valence-corrected chi connectivity index (χ1v) is 8.71. The Kier molecular flexibility index (Phi) is 5.56. The lowest BCUT2D eigenvalue weighted by Gasteiger charge is -2.16. The lowest BCUT2D eigenvalue weighted by Crippen LogP contribution is -2.41. The lowest BCUT2D eigenvalue weighted by atomic mass is 10.0. The summed E-state index contributed by atoms with van der Waals surface area (Å²) in [6.07, 6.45) is 5.15. The number of carboxylic acid groups (broad SMARTS) is 1. The average Bonchev–Trinajstić information content (AvgIpc) is 3.05. The van der Waals surface area contributed by atoms with Crippen molar-refractivity contribution in [3.8, 4) is 0 Å². The Bertz CT molecular complexity index is 548. The molecule has 122 valence electrons. The molecule has 0 radical (unpaired) electrons. The minimum absolute atomic E-state index is 0.206. The second-order valence-corrected chi connectivity index (χ2v) is 7.47. The highest BCUT2D eigenvalue weighted by atomic mass is 32.1. The summed E-state index contributed by atoms with van der Waals surface area (Å²) in [5.74, 6) is -0.623. The number of carbonyl (C=O) groups excluding carboxylic acids is 1. The molecule has 6 heteroatoms. The van der Waals surface area contributed by atoms with E-state index < -0.39 is 12.0 Å². The SMILES string of the molecule is Cc1nc(C2CCCC2)sc1C(=O)NC(CC(C)C)C(=O)O. The second-order valence-electron chi connectivity index (χ2n) is 6.44. The van der Waals surface area contributed by atoms with Crippen LogP contribution in [0.2, 0.25) is 0 Å². The molecule has 1 atom stereocenters. The minimum Gasteiger partial charge on any atom is -0.480 e. The number of aliphatic carboxylic acids is 1. The highest BCUT2D eigenvalue weighted by Gasteiger charge is 2.26. The standard InChI is InChI=1S/C16H24N2O3S/c1-9(2)8-12(16(20)21)18-14(19)13-10(3)17-15(22-13)11-6-4-5-7-11/h9,11-12H,4-8H2,1-3H3,(H,18,19)(H,20,21). The maximum Gasteiger partial charge on any atom is 0.326 e. The number of amides is 1. The van der Waals surface area contributed by atoms with E-state index in [1.54, 1.807) is 0 Å². The van der Waals surface area contributed by atoms with Gasteiger partial charge in [0.15, 0.2) is 0 Å². The molecule has 0 aliphatic heterocycles. The molecule has 1 aliphatic rings. The number of rotatable bonds is 6. The number of nitrogens with one attached hydrogen (secondary N) is 1. The van der Waals surface area contributed by atoms with Gasteiger partial charge < -0.3 is 10.4 Å². The highest BCUT2D eigenvalue weighted by molar-refractivity contribution is 7.13. The summed E-state index contributed by atoms with van der Waals surface area (Å²) in [4.78, 5) is 28.7. The van der Waals surface area contributed by atoms with Gasteiger partial charge in [0.05, 0.1) is 10.7 Å². The molecule has 1 fully saturated rings. The van der Waals surface area contributed by atoms with E-state index in [-0.39, 0.29) is 11.8 Å². The second kappa shape index (κ2) is 7.22. The molecule has 1 unspecified atom stereocenters. The fraction of sp³-hybridized carbons (Fsp3) is 0.688. The van der Waals surface area contributed by atoms with Crippen LogP contribution in [0.5, 0.6) is 0 Å². The number of aromatic nitrogens is 1. The fourth-order valence-electron chi connectivity index (χ4n) is 2.89. The Morgan fingerprint density at radius 1 is 1.36 bits per heavy atom. The van der Waals surface area contributed by atoms with Crippen LogP contribution in [0.1, 0.15) is 72.2 Å². The molecular weight excluding hydrogens is 300 g/mol. The maximum atomic E-state index is 12.4. The first-order valence-electron chi connectivity index (χ1n) is 7.89. The molecule has 1 amide bonds. The normalized spacial score (nSPS) is 16.9. The van der Waals surface area contributed by atoms with Gasteiger partial charge in [-0.15, -0.1) is 11.3 Å². The first-order chi connectivity index (χ1) is 10.4. The van der Waals surface area contributed by atoms with Crippen LogP contribution in [0, 0.1) is 12.8 Å². The number of carboxylic acids is 1. The third-order valence-corrected chi connectivity index (χ3v) is 5.35. The Balaban J connectivity index is 2.09. The van der Waals surface area contributed by atoms with Gasteiger partial charge in [0, 0.05) is 5.92 Å². The van der Waals surface area contributed by atoms with E-state index in [1.807, 2.05) is 20.8 Å². The monoisotopic (exact) mass is 324 g/mol. The van der Waals surface area contributed by atoms with E-state index >= 15 is 0 Å². The molecule has 5 nitrogen and oxygen atoms in total. The van der Waals surface area contributed by atoms with Crippen LogP contribution in [-0.4, -0.2) is 28.0 Å². The van der Waals surface area contributed by atoms with Crippen molar-refractivity contribution in [3.05, 3.63) is 15.6 Å². The van der Waals surface area contributed by atoms with E-state index in [1.165, 1.54) is 24.2 Å². The lowest BCUT2D eigenvalue weighted by molar-refractivity contribution is -0.139. The summed E-state index contributed by atoms with van der Waals surface area (Å²) in [5.41, 5.74) is 0.707. The molecule has 1 heterocycles. The summed E-state index contributed by atoms with van der Waals surface area (Å²) in [6, 6.07) is -0.844. The van der Waals surface area contributed by atoms with Crippen molar-refractivity contribution in [2.75, 3.05) is 0 Å². The van der Waals surface area contributed by atoms with Crippen LogP contribution in [0.25, 0.3) is 0 Å². The largest absolute Gasteiger partial charge is 0.480 e. The van der Waals surface area contributed by atoms with Crippen LogP contribution < -0.4 is 5.32 Å². The number of carbonyl (C=O) groups is 2. The first kappa shape index (κ1) is 16.9. The van der Waals surface area contributed by atoms with Gasteiger partial charge in [-0.3, -0.25) is 4.79 Å². The molecule has 1 aromatic rings. The predicted molar refractivity (Wildman–Crippen MR) is 86.4 cm³/mol. The summed E-state index contributed by atoms with van der Waals surface area (Å²) in [5, 5.41) is 12.9. The van der Waals surface area contributed by atoms with E-state index in [0.29, 0.717) is 22.9 Å². The topological polar surface area (TPSA) is 79.3 Å². The van der Waals surface area contributed by atoms with Crippen molar-refractivity contribution >= 4 is 23.2 Å². The third-order valence-electron chi connectivity index (χ3n) is 4.03. The van der Waals surface area contributed by atoms with Crippen LogP contribution in [0.3, 0.4) is 0 Å². The molecule has 1 aromatic heterocycles. The molecule has 22 heavy (non-hydrogen) atoms. The van der Waals surface area contributed by atoms with Crippen LogP contribution >= 0.6 is 11.3 Å². The van der Waals surface area contributed by atoms with Crippen molar-refractivity contribution in [2.45, 2.75) is 64.8 Å². The van der Waals surface area contributed by atoms with Gasteiger partial charge in [-0.25, -0.2) is 9.78 Å². The Hall–Kier alpha value is -1.43. The van der Waals surface area contributed by atoms with Crippen LogP contribution in [0.15, 0.2) is 0 Å². The zero-order valence-corrected chi connectivity index (χ0v) is 14.2. The van der Waals surface area contributed by atoms with Crippen LogP contribution in [0.4, 0.5) is 0 Å². The smallest absolute Gasteiger partial charge is 0.326 e. The molecule has 1 aliphatic carbocycles.